The second kappa shape index (κ2) is 8.98. The molecule has 0 bridgehead atoms. The van der Waals surface area contributed by atoms with Crippen molar-refractivity contribution >= 4 is 40.4 Å². The van der Waals surface area contributed by atoms with Gasteiger partial charge >= 0.3 is 0 Å². The summed E-state index contributed by atoms with van der Waals surface area (Å²) in [6, 6.07) is 14.1. The molecule has 2 aromatic carbocycles. The lowest BCUT2D eigenvalue weighted by atomic mass is 9.97. The minimum Gasteiger partial charge on any atom is -0.347 e. The molecule has 0 saturated carbocycles. The zero-order valence-electron chi connectivity index (χ0n) is 17.8. The summed E-state index contributed by atoms with van der Waals surface area (Å²) in [5, 5.41) is 1.81. The highest BCUT2D eigenvalue weighted by molar-refractivity contribution is 6.34. The van der Waals surface area contributed by atoms with Gasteiger partial charge in [-0.1, -0.05) is 41.9 Å². The van der Waals surface area contributed by atoms with Crippen molar-refractivity contribution in [2.45, 2.75) is 20.4 Å². The number of hydrogen-bond donors (Lipinski definition) is 0. The molecule has 1 aliphatic rings. The summed E-state index contributed by atoms with van der Waals surface area (Å²) >= 11 is 6.66. The molecule has 0 unspecified atom stereocenters. The predicted molar refractivity (Wildman–Crippen MR) is 126 cm³/mol. The fraction of sp³-hybridized carbons (Fsp3) is 0.280. The number of benzene rings is 2. The lowest BCUT2D eigenvalue weighted by molar-refractivity contribution is -0.135. The molecule has 160 valence electrons. The van der Waals surface area contributed by atoms with E-state index in [2.05, 4.69) is 35.9 Å². The molecule has 0 atom stereocenters. The summed E-state index contributed by atoms with van der Waals surface area (Å²) in [6.45, 7) is 6.80. The first kappa shape index (κ1) is 21.2. The highest BCUT2D eigenvalue weighted by Crippen LogP contribution is 2.37. The Morgan fingerprint density at radius 1 is 1.00 bits per heavy atom. The van der Waals surface area contributed by atoms with Crippen LogP contribution in [0.5, 0.6) is 0 Å². The molecular weight excluding hydrogens is 410 g/mol. The van der Waals surface area contributed by atoms with Crippen molar-refractivity contribution < 1.29 is 9.59 Å². The molecule has 0 aliphatic carbocycles. The Hall–Kier alpha value is -3.05. The average molecular weight is 436 g/mol. The van der Waals surface area contributed by atoms with E-state index in [4.69, 9.17) is 11.6 Å². The van der Waals surface area contributed by atoms with Gasteiger partial charge in [-0.3, -0.25) is 9.59 Å². The Bertz CT molecular complexity index is 1160. The Morgan fingerprint density at radius 2 is 1.71 bits per heavy atom. The fourth-order valence-corrected chi connectivity index (χ4v) is 4.48. The monoisotopic (exact) mass is 435 g/mol. The largest absolute Gasteiger partial charge is 0.347 e. The molecule has 1 aromatic heterocycles. The summed E-state index contributed by atoms with van der Waals surface area (Å²) < 4.78 is 2.21. The van der Waals surface area contributed by atoms with Gasteiger partial charge in [0.15, 0.2) is 0 Å². The van der Waals surface area contributed by atoms with Crippen LogP contribution in [0.25, 0.3) is 28.1 Å². The number of para-hydroxylation sites is 1. The second-order valence-corrected chi connectivity index (χ2v) is 8.12. The summed E-state index contributed by atoms with van der Waals surface area (Å²) in [6.07, 6.45) is 5.54. The third-order valence-corrected chi connectivity index (χ3v) is 6.20. The van der Waals surface area contributed by atoms with E-state index < -0.39 is 0 Å². The Balaban J connectivity index is 1.65. The number of amides is 2. The maximum atomic E-state index is 12.8. The molecule has 0 N–H and O–H groups in total. The van der Waals surface area contributed by atoms with Gasteiger partial charge in [-0.2, -0.15) is 0 Å². The number of aromatic nitrogens is 1. The highest BCUT2D eigenvalue weighted by Gasteiger charge is 2.21. The summed E-state index contributed by atoms with van der Waals surface area (Å²) in [5.41, 5.74) is 4.02. The van der Waals surface area contributed by atoms with Crippen LogP contribution in [0, 0.1) is 0 Å². The second-order valence-electron chi connectivity index (χ2n) is 7.71. The molecule has 0 spiro atoms. The molecule has 5 nitrogen and oxygen atoms in total. The molecule has 6 heteroatoms. The number of halogens is 1. The lowest BCUT2D eigenvalue weighted by Crippen LogP contribution is -2.49. The zero-order valence-corrected chi connectivity index (χ0v) is 18.6. The first-order valence-corrected chi connectivity index (χ1v) is 11.0. The molecule has 31 heavy (non-hydrogen) atoms. The fourth-order valence-electron chi connectivity index (χ4n) is 4.20. The van der Waals surface area contributed by atoms with Crippen molar-refractivity contribution in [3.8, 4) is 11.1 Å². The van der Waals surface area contributed by atoms with Crippen LogP contribution in [0.3, 0.4) is 0 Å². The smallest absolute Gasteiger partial charge is 0.246 e. The molecule has 0 radical (unpaired) electrons. The molecule has 1 fully saturated rings. The Morgan fingerprint density at radius 3 is 2.42 bits per heavy atom. The number of hydrogen-bond acceptors (Lipinski definition) is 2. The van der Waals surface area contributed by atoms with E-state index in [-0.39, 0.29) is 11.8 Å². The summed E-state index contributed by atoms with van der Waals surface area (Å²) in [5.74, 6) is 0.00138. The van der Waals surface area contributed by atoms with Gasteiger partial charge in [0, 0.05) is 73.5 Å². The molecule has 2 heterocycles. The zero-order chi connectivity index (χ0) is 22.0. The van der Waals surface area contributed by atoms with E-state index in [0.717, 1.165) is 34.1 Å². The summed E-state index contributed by atoms with van der Waals surface area (Å²) in [4.78, 5) is 27.8. The molecule has 1 aliphatic heterocycles. The minimum atomic E-state index is -0.0516. The number of nitrogens with zero attached hydrogens (tertiary/aromatic N) is 3. The van der Waals surface area contributed by atoms with Gasteiger partial charge in [0.25, 0.3) is 0 Å². The van der Waals surface area contributed by atoms with Crippen LogP contribution in [-0.4, -0.2) is 52.4 Å². The van der Waals surface area contributed by atoms with Crippen LogP contribution in [0.1, 0.15) is 19.4 Å². The van der Waals surface area contributed by atoms with Crippen molar-refractivity contribution in [1.82, 2.24) is 14.4 Å². The topological polar surface area (TPSA) is 45.6 Å². The van der Waals surface area contributed by atoms with Gasteiger partial charge in [0.05, 0.1) is 5.52 Å². The molecule has 3 aromatic rings. The van der Waals surface area contributed by atoms with Gasteiger partial charge in [0.2, 0.25) is 11.8 Å². The van der Waals surface area contributed by atoms with Crippen LogP contribution in [0.15, 0.2) is 54.7 Å². The van der Waals surface area contributed by atoms with Crippen molar-refractivity contribution in [3.05, 3.63) is 65.3 Å². The van der Waals surface area contributed by atoms with Crippen LogP contribution in [0.2, 0.25) is 5.02 Å². The van der Waals surface area contributed by atoms with Crippen molar-refractivity contribution in [2.24, 2.45) is 0 Å². The predicted octanol–water partition coefficient (Wildman–Crippen LogP) is 4.69. The van der Waals surface area contributed by atoms with Gasteiger partial charge in [-0.25, -0.2) is 0 Å². The van der Waals surface area contributed by atoms with E-state index in [1.54, 1.807) is 22.8 Å². The van der Waals surface area contributed by atoms with E-state index in [9.17, 15) is 9.59 Å². The highest BCUT2D eigenvalue weighted by atomic mass is 35.5. The molecule has 1 saturated heterocycles. The number of rotatable bonds is 4. The quantitative estimate of drug-likeness (QED) is 0.558. The Kier molecular flexibility index (Phi) is 6.14. The van der Waals surface area contributed by atoms with Gasteiger partial charge < -0.3 is 14.4 Å². The maximum Gasteiger partial charge on any atom is 0.246 e. The van der Waals surface area contributed by atoms with E-state index in [1.165, 1.54) is 0 Å². The number of piperazine rings is 1. The van der Waals surface area contributed by atoms with Crippen molar-refractivity contribution in [2.75, 3.05) is 26.2 Å². The van der Waals surface area contributed by atoms with Crippen molar-refractivity contribution in [3.63, 3.8) is 0 Å². The lowest BCUT2D eigenvalue weighted by Gasteiger charge is -2.33. The molecule has 2 amide bonds. The molecular formula is C25H26ClN3O2. The van der Waals surface area contributed by atoms with Gasteiger partial charge in [-0.05, 0) is 30.7 Å². The summed E-state index contributed by atoms with van der Waals surface area (Å²) in [7, 11) is 0. The van der Waals surface area contributed by atoms with Crippen LogP contribution >= 0.6 is 11.6 Å². The first-order chi connectivity index (χ1) is 15.0. The van der Waals surface area contributed by atoms with E-state index >= 15 is 0 Å². The SMILES string of the molecule is CCn1ccc2cccc(-c3c(Cl)cccc3/C=C/C(=O)N3CCN(C(C)=O)CC3)c21. The Labute approximate surface area is 187 Å². The van der Waals surface area contributed by atoms with Crippen molar-refractivity contribution in [1.29, 1.82) is 0 Å². The number of fused-ring (bicyclic) bond motifs is 1. The number of carbonyl (C=O) groups excluding carboxylic acids is 2. The minimum absolute atomic E-state index is 0.0516. The number of aryl methyl sites for hydroxylation is 1. The van der Waals surface area contributed by atoms with Crippen LogP contribution < -0.4 is 0 Å². The number of carbonyl (C=O) groups is 2. The molecule has 4 rings (SSSR count). The first-order valence-electron chi connectivity index (χ1n) is 10.6. The van der Waals surface area contributed by atoms with E-state index in [1.807, 2.05) is 30.3 Å². The maximum absolute atomic E-state index is 12.8. The third-order valence-electron chi connectivity index (χ3n) is 5.89. The van der Waals surface area contributed by atoms with E-state index in [0.29, 0.717) is 31.2 Å². The van der Waals surface area contributed by atoms with Crippen LogP contribution in [-0.2, 0) is 16.1 Å². The standard InChI is InChI=1S/C25H26ClN3O2/c1-3-27-13-12-20-7-4-8-21(25(20)27)24-19(6-5-9-22(24)26)10-11-23(31)29-16-14-28(15-17-29)18(2)30/h4-13H,3,14-17H2,1-2H3/b11-10+. The third kappa shape index (κ3) is 4.23. The van der Waals surface area contributed by atoms with Gasteiger partial charge in [0.1, 0.15) is 0 Å². The van der Waals surface area contributed by atoms with Crippen LogP contribution in [0.4, 0.5) is 0 Å². The van der Waals surface area contributed by atoms with Gasteiger partial charge in [-0.15, -0.1) is 0 Å². The normalized spacial score (nSPS) is 14.5. The average Bonchev–Trinajstić information content (AvgIpc) is 3.21.